The van der Waals surface area contributed by atoms with Crippen molar-refractivity contribution in [3.63, 3.8) is 0 Å². The number of benzene rings is 1. The Hall–Kier alpha value is -1.92. The van der Waals surface area contributed by atoms with Crippen LogP contribution in [0.2, 0.25) is 5.02 Å². The van der Waals surface area contributed by atoms with E-state index in [2.05, 4.69) is 10.3 Å². The molecule has 92 valence electrons. The Morgan fingerprint density at radius 3 is 2.78 bits per heavy atom. The molecule has 0 fully saturated rings. The standard InChI is InChI=1S/C11H7ClN2O3S/c12-6-2-1-3-7(9(6)11(16)17)14-10(15)8-4-13-5-18-8/h1-5H,(H,14,15)(H,16,17). The lowest BCUT2D eigenvalue weighted by Gasteiger charge is -2.08. The largest absolute Gasteiger partial charge is 0.478 e. The number of anilines is 1. The Kier molecular flexibility index (Phi) is 3.59. The highest BCUT2D eigenvalue weighted by Crippen LogP contribution is 2.25. The van der Waals surface area contributed by atoms with Gasteiger partial charge in [0.15, 0.2) is 0 Å². The first-order valence-electron chi connectivity index (χ1n) is 4.81. The Labute approximate surface area is 111 Å². The van der Waals surface area contributed by atoms with E-state index in [0.29, 0.717) is 4.88 Å². The van der Waals surface area contributed by atoms with E-state index in [0.717, 1.165) is 0 Å². The van der Waals surface area contributed by atoms with Gasteiger partial charge in [0.05, 0.1) is 22.4 Å². The van der Waals surface area contributed by atoms with E-state index in [9.17, 15) is 9.59 Å². The van der Waals surface area contributed by atoms with Crippen molar-refractivity contribution in [2.45, 2.75) is 0 Å². The van der Waals surface area contributed by atoms with Crippen LogP contribution in [0.5, 0.6) is 0 Å². The highest BCUT2D eigenvalue weighted by molar-refractivity contribution is 7.11. The summed E-state index contributed by atoms with van der Waals surface area (Å²) in [5, 5.41) is 11.6. The number of halogens is 1. The third-order valence-corrected chi connectivity index (χ3v) is 3.22. The maximum Gasteiger partial charge on any atom is 0.339 e. The smallest absolute Gasteiger partial charge is 0.339 e. The van der Waals surface area contributed by atoms with Crippen LogP contribution >= 0.6 is 22.9 Å². The van der Waals surface area contributed by atoms with Gasteiger partial charge in [-0.2, -0.15) is 0 Å². The SMILES string of the molecule is O=C(Nc1cccc(Cl)c1C(=O)O)c1cncs1. The van der Waals surface area contributed by atoms with Gasteiger partial charge in [0.1, 0.15) is 10.4 Å². The van der Waals surface area contributed by atoms with Crippen LogP contribution in [0.3, 0.4) is 0 Å². The Morgan fingerprint density at radius 1 is 1.39 bits per heavy atom. The predicted octanol–water partition coefficient (Wildman–Crippen LogP) is 2.75. The number of nitrogens with one attached hydrogen (secondary N) is 1. The second kappa shape index (κ2) is 5.16. The predicted molar refractivity (Wildman–Crippen MR) is 68.5 cm³/mol. The van der Waals surface area contributed by atoms with Gasteiger partial charge in [0.2, 0.25) is 0 Å². The molecule has 1 aromatic carbocycles. The molecule has 0 atom stereocenters. The maximum atomic E-state index is 11.8. The van der Waals surface area contributed by atoms with Crippen LogP contribution in [-0.4, -0.2) is 22.0 Å². The molecule has 1 aromatic heterocycles. The number of carbonyl (C=O) groups is 2. The number of aromatic nitrogens is 1. The van der Waals surface area contributed by atoms with Crippen molar-refractivity contribution >= 4 is 40.5 Å². The van der Waals surface area contributed by atoms with Gasteiger partial charge in [-0.3, -0.25) is 9.78 Å². The summed E-state index contributed by atoms with van der Waals surface area (Å²) in [6.45, 7) is 0. The third kappa shape index (κ3) is 2.49. The van der Waals surface area contributed by atoms with Crippen molar-refractivity contribution in [3.05, 3.63) is 45.4 Å². The zero-order valence-electron chi connectivity index (χ0n) is 8.88. The van der Waals surface area contributed by atoms with Crippen molar-refractivity contribution in [2.75, 3.05) is 5.32 Å². The van der Waals surface area contributed by atoms with Crippen LogP contribution in [0.25, 0.3) is 0 Å². The topological polar surface area (TPSA) is 79.3 Å². The van der Waals surface area contributed by atoms with Gasteiger partial charge in [0, 0.05) is 0 Å². The van der Waals surface area contributed by atoms with Crippen molar-refractivity contribution in [1.29, 1.82) is 0 Å². The quantitative estimate of drug-likeness (QED) is 0.907. The summed E-state index contributed by atoms with van der Waals surface area (Å²) < 4.78 is 0. The van der Waals surface area contributed by atoms with E-state index >= 15 is 0 Å². The molecule has 1 heterocycles. The average molecular weight is 283 g/mol. The number of hydrogen-bond donors (Lipinski definition) is 2. The van der Waals surface area contributed by atoms with Gasteiger partial charge in [0.25, 0.3) is 5.91 Å². The van der Waals surface area contributed by atoms with Crippen molar-refractivity contribution < 1.29 is 14.7 Å². The zero-order chi connectivity index (χ0) is 13.1. The van der Waals surface area contributed by atoms with Gasteiger partial charge in [-0.05, 0) is 12.1 Å². The summed E-state index contributed by atoms with van der Waals surface area (Å²) in [6.07, 6.45) is 1.41. The van der Waals surface area contributed by atoms with Crippen LogP contribution in [0.15, 0.2) is 29.9 Å². The number of carboxylic acid groups (broad SMARTS) is 1. The molecule has 2 rings (SSSR count). The van der Waals surface area contributed by atoms with Crippen molar-refractivity contribution in [1.82, 2.24) is 4.98 Å². The molecule has 7 heteroatoms. The van der Waals surface area contributed by atoms with Gasteiger partial charge in [-0.15, -0.1) is 11.3 Å². The molecular formula is C11H7ClN2O3S. The molecule has 0 unspecified atom stereocenters. The molecule has 2 N–H and O–H groups in total. The van der Waals surface area contributed by atoms with E-state index in [1.165, 1.54) is 35.2 Å². The second-order valence-electron chi connectivity index (χ2n) is 3.29. The fourth-order valence-corrected chi connectivity index (χ4v) is 2.13. The molecule has 1 amide bonds. The average Bonchev–Trinajstić information content (AvgIpc) is 2.81. The van der Waals surface area contributed by atoms with E-state index < -0.39 is 11.9 Å². The van der Waals surface area contributed by atoms with Crippen LogP contribution in [0.4, 0.5) is 5.69 Å². The number of rotatable bonds is 3. The van der Waals surface area contributed by atoms with Crippen molar-refractivity contribution in [3.8, 4) is 0 Å². The minimum atomic E-state index is -1.19. The number of carbonyl (C=O) groups excluding carboxylic acids is 1. The summed E-state index contributed by atoms with van der Waals surface area (Å²) in [6, 6.07) is 4.50. The maximum absolute atomic E-state index is 11.8. The van der Waals surface area contributed by atoms with Crippen LogP contribution in [0, 0.1) is 0 Å². The summed E-state index contributed by atoms with van der Waals surface area (Å²) in [7, 11) is 0. The lowest BCUT2D eigenvalue weighted by atomic mass is 10.1. The van der Waals surface area contributed by atoms with Gasteiger partial charge in [-0.25, -0.2) is 4.79 Å². The molecule has 0 spiro atoms. The first kappa shape index (κ1) is 12.5. The molecule has 18 heavy (non-hydrogen) atoms. The first-order chi connectivity index (χ1) is 8.59. The fraction of sp³-hybridized carbons (Fsp3) is 0. The van der Waals surface area contributed by atoms with Crippen LogP contribution < -0.4 is 5.32 Å². The zero-order valence-corrected chi connectivity index (χ0v) is 10.5. The molecule has 0 saturated carbocycles. The summed E-state index contributed by atoms with van der Waals surface area (Å²) in [5.41, 5.74) is 1.55. The lowest BCUT2D eigenvalue weighted by molar-refractivity contribution is 0.0698. The third-order valence-electron chi connectivity index (χ3n) is 2.13. The number of carboxylic acids is 1. The molecule has 0 saturated heterocycles. The Morgan fingerprint density at radius 2 is 2.17 bits per heavy atom. The monoisotopic (exact) mass is 282 g/mol. The minimum absolute atomic E-state index is 0.0737. The van der Waals surface area contributed by atoms with E-state index in [1.54, 1.807) is 6.07 Å². The van der Waals surface area contributed by atoms with Crippen molar-refractivity contribution in [2.24, 2.45) is 0 Å². The molecule has 2 aromatic rings. The number of amides is 1. The highest BCUT2D eigenvalue weighted by Gasteiger charge is 2.17. The fourth-order valence-electron chi connectivity index (χ4n) is 1.36. The van der Waals surface area contributed by atoms with E-state index in [-0.39, 0.29) is 16.3 Å². The molecule has 0 bridgehead atoms. The van der Waals surface area contributed by atoms with E-state index in [1.807, 2.05) is 0 Å². The Bertz CT molecular complexity index is 598. The van der Waals surface area contributed by atoms with Crippen LogP contribution in [-0.2, 0) is 0 Å². The number of hydrogen-bond acceptors (Lipinski definition) is 4. The summed E-state index contributed by atoms with van der Waals surface area (Å²) in [5.74, 6) is -1.61. The number of thiazole rings is 1. The molecular weight excluding hydrogens is 276 g/mol. The Balaban J connectivity index is 2.32. The summed E-state index contributed by atoms with van der Waals surface area (Å²) >= 11 is 6.96. The lowest BCUT2D eigenvalue weighted by Crippen LogP contribution is -2.13. The van der Waals surface area contributed by atoms with Gasteiger partial charge in [-0.1, -0.05) is 17.7 Å². The molecule has 0 aliphatic heterocycles. The molecule has 5 nitrogen and oxygen atoms in total. The highest BCUT2D eigenvalue weighted by atomic mass is 35.5. The van der Waals surface area contributed by atoms with Gasteiger partial charge >= 0.3 is 5.97 Å². The number of nitrogens with zero attached hydrogens (tertiary/aromatic N) is 1. The van der Waals surface area contributed by atoms with E-state index in [4.69, 9.17) is 16.7 Å². The molecule has 0 aliphatic carbocycles. The minimum Gasteiger partial charge on any atom is -0.478 e. The number of aromatic carboxylic acids is 1. The van der Waals surface area contributed by atoms with Crippen LogP contribution in [0.1, 0.15) is 20.0 Å². The van der Waals surface area contributed by atoms with Gasteiger partial charge < -0.3 is 10.4 Å². The molecule has 0 radical (unpaired) electrons. The normalized spacial score (nSPS) is 10.1. The first-order valence-corrected chi connectivity index (χ1v) is 6.07. The summed E-state index contributed by atoms with van der Waals surface area (Å²) in [4.78, 5) is 27.0. The molecule has 0 aliphatic rings. The second-order valence-corrected chi connectivity index (χ2v) is 4.58.